The van der Waals surface area contributed by atoms with Crippen LogP contribution in [0.4, 0.5) is 0 Å². The molecule has 0 radical (unpaired) electrons. The van der Waals surface area contributed by atoms with Crippen molar-refractivity contribution in [2.24, 2.45) is 22.1 Å². The zero-order valence-electron chi connectivity index (χ0n) is 27.2. The molecule has 40 heavy (non-hydrogen) atoms. The lowest BCUT2D eigenvalue weighted by Crippen LogP contribution is -2.13. The van der Waals surface area contributed by atoms with Gasteiger partial charge in [0.25, 0.3) is 0 Å². The van der Waals surface area contributed by atoms with Crippen LogP contribution >= 0.6 is 0 Å². The van der Waals surface area contributed by atoms with Crippen LogP contribution in [-0.4, -0.2) is 12.8 Å². The first-order valence-corrected chi connectivity index (χ1v) is 14.5. The first-order chi connectivity index (χ1) is 18.2. The van der Waals surface area contributed by atoms with E-state index >= 15 is 0 Å². The second kappa shape index (κ2) is 24.0. The molecule has 0 atom stereocenters. The summed E-state index contributed by atoms with van der Waals surface area (Å²) in [6.07, 6.45) is 7.37. The Morgan fingerprint density at radius 2 is 1.27 bits per heavy atom. The van der Waals surface area contributed by atoms with E-state index in [0.717, 1.165) is 18.5 Å². The summed E-state index contributed by atoms with van der Waals surface area (Å²) in [6, 6.07) is 18.9. The first-order valence-electron chi connectivity index (χ1n) is 14.5. The van der Waals surface area contributed by atoms with Crippen molar-refractivity contribution < 1.29 is 0 Å². The molecular formula is C38H64N2. The van der Waals surface area contributed by atoms with Crippen LogP contribution < -0.4 is 5.73 Å². The molecule has 1 aliphatic carbocycles. The van der Waals surface area contributed by atoms with Crippen LogP contribution in [0.1, 0.15) is 111 Å². The van der Waals surface area contributed by atoms with Gasteiger partial charge in [0, 0.05) is 24.4 Å². The highest BCUT2D eigenvalue weighted by atomic mass is 14.7. The predicted molar refractivity (Wildman–Crippen MR) is 187 cm³/mol. The van der Waals surface area contributed by atoms with Crippen LogP contribution in [0.2, 0.25) is 0 Å². The quantitative estimate of drug-likeness (QED) is 0.299. The monoisotopic (exact) mass is 549 g/mol. The van der Waals surface area contributed by atoms with Crippen molar-refractivity contribution in [2.75, 3.05) is 7.05 Å². The molecule has 1 fully saturated rings. The van der Waals surface area contributed by atoms with Gasteiger partial charge in [-0.15, -0.1) is 6.58 Å². The molecule has 2 heteroatoms. The predicted octanol–water partition coefficient (Wildman–Crippen LogP) is 11.7. The van der Waals surface area contributed by atoms with Crippen molar-refractivity contribution in [3.63, 3.8) is 0 Å². The van der Waals surface area contributed by atoms with Crippen molar-refractivity contribution in [3.05, 3.63) is 108 Å². The summed E-state index contributed by atoms with van der Waals surface area (Å²) in [5, 5.41) is 0. The van der Waals surface area contributed by atoms with Gasteiger partial charge in [0.2, 0.25) is 0 Å². The third kappa shape index (κ3) is 22.0. The molecule has 3 rings (SSSR count). The van der Waals surface area contributed by atoms with Gasteiger partial charge < -0.3 is 5.73 Å². The number of nitrogens with two attached hydrogens (primary N) is 1. The van der Waals surface area contributed by atoms with Crippen molar-refractivity contribution in [1.82, 2.24) is 0 Å². The average Bonchev–Trinajstić information content (AvgIpc) is 3.40. The van der Waals surface area contributed by atoms with Crippen LogP contribution in [-0.2, 0) is 0 Å². The van der Waals surface area contributed by atoms with E-state index in [1.54, 1.807) is 0 Å². The Kier molecular flexibility index (Phi) is 24.9. The molecular weight excluding hydrogens is 484 g/mol. The van der Waals surface area contributed by atoms with Gasteiger partial charge >= 0.3 is 0 Å². The van der Waals surface area contributed by atoms with E-state index in [-0.39, 0.29) is 7.43 Å². The highest BCUT2D eigenvalue weighted by Gasteiger charge is 2.22. The summed E-state index contributed by atoms with van der Waals surface area (Å²) < 4.78 is 0. The standard InChI is InChI=1S/C14H19N.C8H16.C7H8.C4H9N.C4H8.CH4/c1-11-7-3-6-10-13(11)14(15-2)12-8-4-5-9-12;1-6-7(2)8(3,4)5;1-7-5-3-2-4-6-7;1-3-4(2)5;1-4(2)3;/h3,6-7,10,12H,4-5,8-9H2,1-2H3;2,6H2,1,3-5H3;2-6H,1H3;2-3,5H2,1H3;1H2,2-3H3;1H4. The molecule has 2 aromatic rings. The van der Waals surface area contributed by atoms with Gasteiger partial charge in [-0.2, -0.15) is 0 Å². The Morgan fingerprint density at radius 3 is 1.55 bits per heavy atom. The molecule has 1 aliphatic rings. The van der Waals surface area contributed by atoms with Gasteiger partial charge in [-0.3, -0.25) is 4.99 Å². The number of allylic oxidation sites excluding steroid dienone is 3. The second-order valence-electron chi connectivity index (χ2n) is 11.5. The SMILES string of the molecule is C.C=C(C)C.C=C(CC)C(C)(C)C.C=C(N)CC.CN=C(c1ccccc1C)C1CCCC1.Cc1ccccc1. The van der Waals surface area contributed by atoms with E-state index in [2.05, 4.69) is 103 Å². The maximum Gasteiger partial charge on any atom is 0.0450 e. The fourth-order valence-electron chi connectivity index (χ4n) is 3.65. The van der Waals surface area contributed by atoms with Crippen LogP contribution in [0, 0.1) is 25.2 Å². The minimum atomic E-state index is 0. The van der Waals surface area contributed by atoms with E-state index in [9.17, 15) is 0 Å². The number of aryl methyl sites for hydroxylation is 2. The molecule has 2 aromatic carbocycles. The minimum Gasteiger partial charge on any atom is -0.403 e. The Labute approximate surface area is 250 Å². The Balaban J connectivity index is -0.000000469. The van der Waals surface area contributed by atoms with Crippen LogP contribution in [0.25, 0.3) is 0 Å². The smallest absolute Gasteiger partial charge is 0.0450 e. The van der Waals surface area contributed by atoms with Crippen LogP contribution in [0.3, 0.4) is 0 Å². The van der Waals surface area contributed by atoms with Crippen molar-refractivity contribution in [3.8, 4) is 0 Å². The van der Waals surface area contributed by atoms with Crippen molar-refractivity contribution in [2.45, 2.75) is 108 Å². The van der Waals surface area contributed by atoms with Crippen molar-refractivity contribution in [1.29, 1.82) is 0 Å². The molecule has 2 N–H and O–H groups in total. The number of hydrogen-bond acceptors (Lipinski definition) is 2. The van der Waals surface area contributed by atoms with E-state index in [1.807, 2.05) is 46.0 Å². The normalized spacial score (nSPS) is 12.3. The lowest BCUT2D eigenvalue weighted by molar-refractivity contribution is 0.490. The van der Waals surface area contributed by atoms with Gasteiger partial charge in [-0.25, -0.2) is 0 Å². The Morgan fingerprint density at radius 1 is 0.850 bits per heavy atom. The second-order valence-corrected chi connectivity index (χ2v) is 11.5. The maximum absolute atomic E-state index is 5.10. The van der Waals surface area contributed by atoms with Gasteiger partial charge in [-0.1, -0.05) is 139 Å². The zero-order chi connectivity index (χ0) is 30.4. The number of benzene rings is 2. The van der Waals surface area contributed by atoms with Gasteiger partial charge in [0.15, 0.2) is 0 Å². The number of rotatable bonds is 4. The summed E-state index contributed by atoms with van der Waals surface area (Å²) in [6.45, 7) is 29.9. The molecule has 226 valence electrons. The van der Waals surface area contributed by atoms with Crippen LogP contribution in [0.5, 0.6) is 0 Å². The van der Waals surface area contributed by atoms with Gasteiger partial charge in [-0.05, 0) is 69.9 Å². The summed E-state index contributed by atoms with van der Waals surface area (Å²) in [4.78, 5) is 4.52. The number of hydrogen-bond donors (Lipinski definition) is 1. The van der Waals surface area contributed by atoms with Crippen LogP contribution in [0.15, 0.2) is 96.2 Å². The molecule has 0 unspecified atom stereocenters. The highest BCUT2D eigenvalue weighted by molar-refractivity contribution is 6.03. The molecule has 0 spiro atoms. The molecule has 0 aromatic heterocycles. The van der Waals surface area contributed by atoms with E-state index in [1.165, 1.54) is 59.2 Å². The number of aliphatic imine (C=N–C) groups is 1. The fraction of sp³-hybridized carbons (Fsp3) is 0.500. The first kappa shape index (κ1) is 41.6. The Bertz CT molecular complexity index is 964. The molecule has 0 saturated heterocycles. The van der Waals surface area contributed by atoms with Crippen molar-refractivity contribution >= 4 is 5.71 Å². The highest BCUT2D eigenvalue weighted by Crippen LogP contribution is 2.29. The zero-order valence-corrected chi connectivity index (χ0v) is 27.2. The lowest BCUT2D eigenvalue weighted by atomic mass is 9.86. The fourth-order valence-corrected chi connectivity index (χ4v) is 3.65. The summed E-state index contributed by atoms with van der Waals surface area (Å²) in [5.74, 6) is 0.705. The van der Waals surface area contributed by atoms with Gasteiger partial charge in [0.05, 0.1) is 0 Å². The van der Waals surface area contributed by atoms with E-state index in [0.29, 0.717) is 11.3 Å². The topological polar surface area (TPSA) is 38.4 Å². The lowest BCUT2D eigenvalue weighted by Gasteiger charge is -2.19. The number of nitrogens with zero attached hydrogens (tertiary/aromatic N) is 1. The molecule has 2 nitrogen and oxygen atoms in total. The molecule has 0 amide bonds. The largest absolute Gasteiger partial charge is 0.403 e. The third-order valence-corrected chi connectivity index (χ3v) is 6.29. The summed E-state index contributed by atoms with van der Waals surface area (Å²) in [7, 11) is 1.93. The molecule has 0 heterocycles. The molecule has 0 bridgehead atoms. The van der Waals surface area contributed by atoms with Gasteiger partial charge in [0.1, 0.15) is 0 Å². The third-order valence-electron chi connectivity index (χ3n) is 6.29. The molecule has 0 aliphatic heterocycles. The summed E-state index contributed by atoms with van der Waals surface area (Å²) >= 11 is 0. The minimum absolute atomic E-state index is 0. The maximum atomic E-state index is 5.10. The average molecular weight is 549 g/mol. The Hall–Kier alpha value is -2.87. The summed E-state index contributed by atoms with van der Waals surface area (Å²) in [5.41, 5.74) is 14.0. The van der Waals surface area contributed by atoms with E-state index < -0.39 is 0 Å². The molecule has 1 saturated carbocycles. The van der Waals surface area contributed by atoms with E-state index in [4.69, 9.17) is 5.73 Å².